The quantitative estimate of drug-likeness (QED) is 0.492. The Hall–Kier alpha value is -0.860. The van der Waals surface area contributed by atoms with Gasteiger partial charge >= 0.3 is 5.97 Å². The summed E-state index contributed by atoms with van der Waals surface area (Å²) in [5, 5.41) is 4.04. The van der Waals surface area contributed by atoms with Gasteiger partial charge in [-0.25, -0.2) is 4.79 Å². The van der Waals surface area contributed by atoms with Crippen molar-refractivity contribution in [2.75, 3.05) is 0 Å². The lowest BCUT2D eigenvalue weighted by Gasteiger charge is -2.34. The van der Waals surface area contributed by atoms with Crippen molar-refractivity contribution in [3.63, 3.8) is 0 Å². The number of oxime groups is 1. The molecule has 0 aromatic rings. The second-order valence-electron chi connectivity index (χ2n) is 5.61. The third-order valence-corrected chi connectivity index (χ3v) is 4.80. The summed E-state index contributed by atoms with van der Waals surface area (Å²) >= 11 is 0. The molecule has 0 N–H and O–H groups in total. The summed E-state index contributed by atoms with van der Waals surface area (Å²) in [5.41, 5.74) is 1.51. The molecule has 0 heterocycles. The van der Waals surface area contributed by atoms with E-state index in [-0.39, 0.29) is 11.4 Å². The Kier molecular flexibility index (Phi) is 2.18. The van der Waals surface area contributed by atoms with E-state index >= 15 is 0 Å². The number of carbonyl (C=O) groups excluding carboxylic acids is 1. The summed E-state index contributed by atoms with van der Waals surface area (Å²) < 4.78 is 0. The molecule has 0 radical (unpaired) electrons. The molecule has 2 aliphatic carbocycles. The molecule has 0 spiro atoms. The molecule has 0 unspecified atom stereocenters. The van der Waals surface area contributed by atoms with E-state index in [0.717, 1.165) is 12.1 Å². The van der Waals surface area contributed by atoms with E-state index in [1.54, 1.807) is 0 Å². The highest BCUT2D eigenvalue weighted by Crippen LogP contribution is 2.63. The molecule has 3 heteroatoms. The van der Waals surface area contributed by atoms with E-state index < -0.39 is 0 Å². The maximum Gasteiger partial charge on any atom is 0.331 e. The van der Waals surface area contributed by atoms with Crippen LogP contribution in [0.3, 0.4) is 0 Å². The van der Waals surface area contributed by atoms with Crippen molar-refractivity contribution in [3.05, 3.63) is 0 Å². The molecule has 2 bridgehead atoms. The Labute approximate surface area is 90.9 Å². The van der Waals surface area contributed by atoms with Crippen molar-refractivity contribution in [1.29, 1.82) is 0 Å². The lowest BCUT2D eigenvalue weighted by molar-refractivity contribution is -0.141. The molecule has 0 amide bonds. The topological polar surface area (TPSA) is 38.7 Å². The molecule has 2 fully saturated rings. The molecule has 0 aromatic heterocycles. The SMILES string of the molecule is CC(=O)O/N=C1/C[C@H]2CC[C@@]1(C)C2(C)C. The van der Waals surface area contributed by atoms with Crippen LogP contribution in [-0.4, -0.2) is 11.7 Å². The van der Waals surface area contributed by atoms with E-state index in [2.05, 4.69) is 25.9 Å². The minimum absolute atomic E-state index is 0.132. The third-order valence-electron chi connectivity index (χ3n) is 4.80. The average molecular weight is 209 g/mol. The summed E-state index contributed by atoms with van der Waals surface area (Å²) in [5.74, 6) is 0.378. The molecule has 2 rings (SSSR count). The molecule has 0 aliphatic heterocycles. The Bertz CT molecular complexity index is 333. The van der Waals surface area contributed by atoms with Crippen LogP contribution in [0.15, 0.2) is 5.16 Å². The maximum atomic E-state index is 10.7. The van der Waals surface area contributed by atoms with Crippen molar-refractivity contribution in [2.45, 2.75) is 47.0 Å². The van der Waals surface area contributed by atoms with Crippen molar-refractivity contribution in [2.24, 2.45) is 21.9 Å². The van der Waals surface area contributed by atoms with Crippen LogP contribution >= 0.6 is 0 Å². The summed E-state index contributed by atoms with van der Waals surface area (Å²) in [4.78, 5) is 15.5. The monoisotopic (exact) mass is 209 g/mol. The van der Waals surface area contributed by atoms with Gasteiger partial charge in [-0.3, -0.25) is 0 Å². The summed E-state index contributed by atoms with van der Waals surface area (Å²) in [7, 11) is 0. The number of rotatable bonds is 1. The van der Waals surface area contributed by atoms with Gasteiger partial charge in [0.25, 0.3) is 0 Å². The fourth-order valence-corrected chi connectivity index (χ4v) is 3.19. The predicted molar refractivity (Wildman–Crippen MR) is 58.4 cm³/mol. The van der Waals surface area contributed by atoms with Crippen LogP contribution < -0.4 is 0 Å². The highest BCUT2D eigenvalue weighted by molar-refractivity contribution is 5.94. The van der Waals surface area contributed by atoms with Crippen LogP contribution in [0.1, 0.15) is 47.0 Å². The molecule has 2 atom stereocenters. The number of nitrogens with zero attached hydrogens (tertiary/aromatic N) is 1. The first-order valence-corrected chi connectivity index (χ1v) is 5.63. The van der Waals surface area contributed by atoms with Gasteiger partial charge in [-0.2, -0.15) is 0 Å². The molecule has 84 valence electrons. The fourth-order valence-electron chi connectivity index (χ4n) is 3.19. The number of fused-ring (bicyclic) bond motifs is 2. The van der Waals surface area contributed by atoms with E-state index in [9.17, 15) is 4.79 Å². The second kappa shape index (κ2) is 3.06. The molecule has 15 heavy (non-hydrogen) atoms. The Morgan fingerprint density at radius 1 is 1.47 bits per heavy atom. The van der Waals surface area contributed by atoms with Gasteiger partial charge in [0.2, 0.25) is 0 Å². The zero-order valence-corrected chi connectivity index (χ0v) is 9.96. The van der Waals surface area contributed by atoms with Gasteiger partial charge < -0.3 is 4.84 Å². The van der Waals surface area contributed by atoms with Gasteiger partial charge in [-0.05, 0) is 30.6 Å². The molecule has 0 aromatic carbocycles. The molecular formula is C12H19NO2. The molecular weight excluding hydrogens is 190 g/mol. The van der Waals surface area contributed by atoms with E-state index in [4.69, 9.17) is 4.84 Å². The van der Waals surface area contributed by atoms with Crippen molar-refractivity contribution >= 4 is 11.7 Å². The van der Waals surface area contributed by atoms with Crippen LogP contribution in [0.25, 0.3) is 0 Å². The lowest BCUT2D eigenvalue weighted by atomic mass is 9.70. The molecule has 0 saturated heterocycles. The van der Waals surface area contributed by atoms with Gasteiger partial charge in [0, 0.05) is 12.3 Å². The van der Waals surface area contributed by atoms with E-state index in [1.807, 2.05) is 0 Å². The fraction of sp³-hybridized carbons (Fsp3) is 0.833. The highest BCUT2D eigenvalue weighted by Gasteiger charge is 2.60. The molecule has 2 saturated carbocycles. The first kappa shape index (κ1) is 10.7. The Morgan fingerprint density at radius 2 is 2.13 bits per heavy atom. The van der Waals surface area contributed by atoms with Gasteiger partial charge in [0.05, 0.1) is 5.71 Å². The first-order chi connectivity index (χ1) is 6.88. The van der Waals surface area contributed by atoms with Crippen molar-refractivity contribution < 1.29 is 9.63 Å². The number of carbonyl (C=O) groups is 1. The summed E-state index contributed by atoms with van der Waals surface area (Å²) in [6.45, 7) is 8.26. The molecule has 3 nitrogen and oxygen atoms in total. The normalized spacial score (nSPS) is 39.7. The van der Waals surface area contributed by atoms with Gasteiger partial charge in [0.15, 0.2) is 0 Å². The summed E-state index contributed by atoms with van der Waals surface area (Å²) in [6.07, 6.45) is 3.45. The van der Waals surface area contributed by atoms with Crippen LogP contribution in [-0.2, 0) is 9.63 Å². The molecule has 2 aliphatic rings. The van der Waals surface area contributed by atoms with E-state index in [0.29, 0.717) is 11.3 Å². The maximum absolute atomic E-state index is 10.7. The van der Waals surface area contributed by atoms with Gasteiger partial charge in [-0.15, -0.1) is 0 Å². The van der Waals surface area contributed by atoms with Gasteiger partial charge in [-0.1, -0.05) is 25.9 Å². The average Bonchev–Trinajstić information content (AvgIpc) is 2.46. The van der Waals surface area contributed by atoms with Crippen LogP contribution in [0.4, 0.5) is 0 Å². The lowest BCUT2D eigenvalue weighted by Crippen LogP contribution is -2.32. The van der Waals surface area contributed by atoms with Crippen molar-refractivity contribution in [3.8, 4) is 0 Å². The smallest absolute Gasteiger partial charge is 0.319 e. The zero-order chi connectivity index (χ0) is 11.3. The standard InChI is InChI=1S/C12H19NO2/c1-8(14)15-13-10-7-9-5-6-12(10,4)11(9,2)3/h9H,5-7H2,1-4H3/b13-10-/t9-,12-/m1/s1. The second-order valence-corrected chi connectivity index (χ2v) is 5.61. The minimum Gasteiger partial charge on any atom is -0.319 e. The number of hydrogen-bond donors (Lipinski definition) is 0. The van der Waals surface area contributed by atoms with Crippen LogP contribution in [0.5, 0.6) is 0 Å². The largest absolute Gasteiger partial charge is 0.331 e. The summed E-state index contributed by atoms with van der Waals surface area (Å²) in [6, 6.07) is 0. The predicted octanol–water partition coefficient (Wildman–Crippen LogP) is 2.75. The highest BCUT2D eigenvalue weighted by atomic mass is 16.7. The van der Waals surface area contributed by atoms with E-state index in [1.165, 1.54) is 19.8 Å². The number of hydrogen-bond acceptors (Lipinski definition) is 3. The van der Waals surface area contributed by atoms with Gasteiger partial charge in [0.1, 0.15) is 0 Å². The minimum atomic E-state index is -0.327. The third kappa shape index (κ3) is 1.32. The van der Waals surface area contributed by atoms with Crippen LogP contribution in [0.2, 0.25) is 0 Å². The van der Waals surface area contributed by atoms with Crippen molar-refractivity contribution in [1.82, 2.24) is 0 Å². The zero-order valence-electron chi connectivity index (χ0n) is 9.96. The Morgan fingerprint density at radius 3 is 2.53 bits per heavy atom. The first-order valence-electron chi connectivity index (χ1n) is 5.63. The van der Waals surface area contributed by atoms with Crippen LogP contribution in [0, 0.1) is 16.7 Å². The Balaban J connectivity index is 2.26.